The number of piperidine rings is 1. The van der Waals surface area contributed by atoms with Gasteiger partial charge in [0.1, 0.15) is 5.82 Å². The fraction of sp³-hybridized carbons (Fsp3) is 0.667. The van der Waals surface area contributed by atoms with Gasteiger partial charge in [0.15, 0.2) is 0 Å². The fourth-order valence-electron chi connectivity index (χ4n) is 5.00. The van der Waals surface area contributed by atoms with Crippen LogP contribution in [-0.4, -0.2) is 36.5 Å². The van der Waals surface area contributed by atoms with Crippen molar-refractivity contribution < 1.29 is 9.18 Å². The number of benzene rings is 1. The summed E-state index contributed by atoms with van der Waals surface area (Å²) in [6.07, 6.45) is 8.85. The third-order valence-electron chi connectivity index (χ3n) is 6.67. The summed E-state index contributed by atoms with van der Waals surface area (Å²) >= 11 is 0. The summed E-state index contributed by atoms with van der Waals surface area (Å²) in [6.45, 7) is 2.84. The first-order valence-electron chi connectivity index (χ1n) is 9.94. The van der Waals surface area contributed by atoms with Crippen molar-refractivity contribution in [3.05, 3.63) is 35.6 Å². The Bertz CT molecular complexity index is 626. The Kier molecular flexibility index (Phi) is 6.24. The van der Waals surface area contributed by atoms with Gasteiger partial charge in [-0.15, -0.1) is 12.4 Å². The van der Waals surface area contributed by atoms with E-state index in [1.807, 2.05) is 6.07 Å². The van der Waals surface area contributed by atoms with E-state index in [0.29, 0.717) is 11.9 Å². The SMILES string of the molecule is Cl.O=C(C1CC12CCNCC2)N(CCc1cccc(F)c1)C1CCCC1. The lowest BCUT2D eigenvalue weighted by atomic mass is 9.91. The molecule has 0 aromatic heterocycles. The number of rotatable bonds is 5. The van der Waals surface area contributed by atoms with Crippen LogP contribution in [-0.2, 0) is 11.2 Å². The molecule has 4 rings (SSSR count). The molecule has 1 aromatic rings. The predicted molar refractivity (Wildman–Crippen MR) is 104 cm³/mol. The summed E-state index contributed by atoms with van der Waals surface area (Å²) in [6, 6.07) is 7.21. The second-order valence-electron chi connectivity index (χ2n) is 8.22. The molecule has 5 heteroatoms. The minimum Gasteiger partial charge on any atom is -0.339 e. The molecular formula is C21H30ClFN2O. The maximum atomic E-state index is 13.4. The molecule has 3 aliphatic rings. The molecule has 144 valence electrons. The predicted octanol–water partition coefficient (Wildman–Crippen LogP) is 3.95. The highest BCUT2D eigenvalue weighted by Gasteiger charge is 2.58. The summed E-state index contributed by atoms with van der Waals surface area (Å²) in [5, 5.41) is 3.42. The van der Waals surface area contributed by atoms with E-state index in [2.05, 4.69) is 10.2 Å². The van der Waals surface area contributed by atoms with Crippen molar-refractivity contribution in [2.24, 2.45) is 11.3 Å². The third kappa shape index (κ3) is 4.07. The molecule has 3 nitrogen and oxygen atoms in total. The molecule has 1 spiro atoms. The van der Waals surface area contributed by atoms with Crippen molar-refractivity contribution in [1.29, 1.82) is 0 Å². The average molecular weight is 381 g/mol. The van der Waals surface area contributed by atoms with Crippen LogP contribution in [0.3, 0.4) is 0 Å². The van der Waals surface area contributed by atoms with Crippen molar-refractivity contribution in [1.82, 2.24) is 10.2 Å². The van der Waals surface area contributed by atoms with Crippen LogP contribution >= 0.6 is 12.4 Å². The number of nitrogens with one attached hydrogen (secondary N) is 1. The molecule has 1 atom stereocenters. The minimum atomic E-state index is -0.188. The van der Waals surface area contributed by atoms with Gasteiger partial charge in [0.2, 0.25) is 5.91 Å². The van der Waals surface area contributed by atoms with E-state index in [-0.39, 0.29) is 29.6 Å². The molecule has 0 bridgehead atoms. The summed E-state index contributed by atoms with van der Waals surface area (Å²) < 4.78 is 13.4. The zero-order valence-corrected chi connectivity index (χ0v) is 16.2. The first kappa shape index (κ1) is 19.6. The number of carbonyl (C=O) groups is 1. The zero-order valence-electron chi connectivity index (χ0n) is 15.4. The Labute approximate surface area is 162 Å². The van der Waals surface area contributed by atoms with Crippen LogP contribution in [0.4, 0.5) is 4.39 Å². The molecular weight excluding hydrogens is 351 g/mol. The van der Waals surface area contributed by atoms with Gasteiger partial charge in [-0.25, -0.2) is 4.39 Å². The van der Waals surface area contributed by atoms with E-state index in [4.69, 9.17) is 0 Å². The Morgan fingerprint density at radius 2 is 1.96 bits per heavy atom. The molecule has 1 amide bonds. The monoisotopic (exact) mass is 380 g/mol. The van der Waals surface area contributed by atoms with Gasteiger partial charge in [0, 0.05) is 18.5 Å². The Hall–Kier alpha value is -1.13. The number of halogens is 2. The molecule has 2 aliphatic carbocycles. The summed E-state index contributed by atoms with van der Waals surface area (Å²) in [7, 11) is 0. The van der Waals surface area contributed by atoms with Crippen LogP contribution in [0.5, 0.6) is 0 Å². The first-order valence-corrected chi connectivity index (χ1v) is 9.94. The standard InChI is InChI=1S/C21H29FN2O.ClH/c22-17-5-3-4-16(14-17)8-13-24(18-6-1-2-7-18)20(25)19-15-21(19)9-11-23-12-10-21;/h3-5,14,18-19,23H,1-2,6-13,15H2;1H. The highest BCUT2D eigenvalue weighted by Crippen LogP contribution is 2.59. The van der Waals surface area contributed by atoms with Crippen LogP contribution in [0, 0.1) is 17.2 Å². The second kappa shape index (κ2) is 8.26. The highest BCUT2D eigenvalue weighted by molar-refractivity contribution is 5.85. The highest BCUT2D eigenvalue weighted by atomic mass is 35.5. The van der Waals surface area contributed by atoms with Crippen LogP contribution in [0.25, 0.3) is 0 Å². The molecule has 1 aliphatic heterocycles. The summed E-state index contributed by atoms with van der Waals surface area (Å²) in [5.41, 5.74) is 1.28. The molecule has 1 N–H and O–H groups in total. The molecule has 26 heavy (non-hydrogen) atoms. The van der Waals surface area contributed by atoms with E-state index in [1.165, 1.54) is 18.9 Å². The summed E-state index contributed by atoms with van der Waals surface area (Å²) in [4.78, 5) is 15.5. The van der Waals surface area contributed by atoms with Crippen molar-refractivity contribution in [2.45, 2.75) is 57.4 Å². The summed E-state index contributed by atoms with van der Waals surface area (Å²) in [5.74, 6) is 0.431. The Morgan fingerprint density at radius 1 is 1.23 bits per heavy atom. The van der Waals surface area contributed by atoms with Gasteiger partial charge in [-0.2, -0.15) is 0 Å². The lowest BCUT2D eigenvalue weighted by Gasteiger charge is -2.31. The lowest BCUT2D eigenvalue weighted by molar-refractivity contribution is -0.135. The van der Waals surface area contributed by atoms with E-state index in [9.17, 15) is 9.18 Å². The molecule has 1 heterocycles. The fourth-order valence-corrected chi connectivity index (χ4v) is 5.00. The van der Waals surface area contributed by atoms with Crippen LogP contribution < -0.4 is 5.32 Å². The number of amides is 1. The lowest BCUT2D eigenvalue weighted by Crippen LogP contribution is -2.43. The zero-order chi connectivity index (χ0) is 17.3. The molecule has 1 saturated heterocycles. The maximum absolute atomic E-state index is 13.4. The smallest absolute Gasteiger partial charge is 0.226 e. The van der Waals surface area contributed by atoms with Gasteiger partial charge in [-0.05, 0) is 74.7 Å². The van der Waals surface area contributed by atoms with Crippen LogP contribution in [0.2, 0.25) is 0 Å². The molecule has 1 unspecified atom stereocenters. The van der Waals surface area contributed by atoms with Crippen LogP contribution in [0.1, 0.15) is 50.5 Å². The third-order valence-corrected chi connectivity index (χ3v) is 6.67. The first-order chi connectivity index (χ1) is 12.2. The van der Waals surface area contributed by atoms with Crippen molar-refractivity contribution in [2.75, 3.05) is 19.6 Å². The largest absolute Gasteiger partial charge is 0.339 e. The van der Waals surface area contributed by atoms with Gasteiger partial charge < -0.3 is 10.2 Å². The maximum Gasteiger partial charge on any atom is 0.226 e. The molecule has 1 aromatic carbocycles. The Morgan fingerprint density at radius 3 is 2.65 bits per heavy atom. The van der Waals surface area contributed by atoms with E-state index >= 15 is 0 Å². The number of carbonyl (C=O) groups excluding carboxylic acids is 1. The second-order valence-corrected chi connectivity index (χ2v) is 8.22. The minimum absolute atomic E-state index is 0. The van der Waals surface area contributed by atoms with Crippen molar-refractivity contribution >= 4 is 18.3 Å². The average Bonchev–Trinajstić information content (AvgIpc) is 3.05. The van der Waals surface area contributed by atoms with Gasteiger partial charge in [0.05, 0.1) is 0 Å². The number of hydrogen-bond donors (Lipinski definition) is 1. The number of hydrogen-bond acceptors (Lipinski definition) is 2. The van der Waals surface area contributed by atoms with E-state index in [0.717, 1.165) is 63.7 Å². The molecule has 0 radical (unpaired) electrons. The van der Waals surface area contributed by atoms with Gasteiger partial charge >= 0.3 is 0 Å². The topological polar surface area (TPSA) is 32.3 Å². The quantitative estimate of drug-likeness (QED) is 0.838. The Balaban J connectivity index is 0.00000196. The van der Waals surface area contributed by atoms with E-state index < -0.39 is 0 Å². The number of nitrogens with zero attached hydrogens (tertiary/aromatic N) is 1. The van der Waals surface area contributed by atoms with Crippen molar-refractivity contribution in [3.8, 4) is 0 Å². The van der Waals surface area contributed by atoms with Gasteiger partial charge in [0.25, 0.3) is 0 Å². The molecule has 3 fully saturated rings. The van der Waals surface area contributed by atoms with Crippen molar-refractivity contribution in [3.63, 3.8) is 0 Å². The van der Waals surface area contributed by atoms with Gasteiger partial charge in [-0.3, -0.25) is 4.79 Å². The molecule has 2 saturated carbocycles. The van der Waals surface area contributed by atoms with Crippen LogP contribution in [0.15, 0.2) is 24.3 Å². The van der Waals surface area contributed by atoms with E-state index in [1.54, 1.807) is 12.1 Å². The van der Waals surface area contributed by atoms with Gasteiger partial charge in [-0.1, -0.05) is 25.0 Å². The normalized spacial score (nSPS) is 24.3.